The Morgan fingerprint density at radius 3 is 2.26 bits per heavy atom. The maximum Gasteiger partial charge on any atom is 0.333 e. The average Bonchev–Trinajstić information content (AvgIpc) is 2.84. The van der Waals surface area contributed by atoms with Gasteiger partial charge in [0.1, 0.15) is 12.4 Å². The predicted octanol–water partition coefficient (Wildman–Crippen LogP) is 5.91. The Morgan fingerprint density at radius 1 is 0.943 bits per heavy atom. The van der Waals surface area contributed by atoms with Gasteiger partial charge in [0.05, 0.1) is 6.54 Å². The molecular weight excluding hydrogens is 444 g/mol. The number of benzene rings is 2. The van der Waals surface area contributed by atoms with Crippen molar-refractivity contribution in [2.24, 2.45) is 0 Å². The number of rotatable bonds is 16. The molecule has 0 bridgehead atoms. The number of amides is 2. The third kappa shape index (κ3) is 10.8. The lowest BCUT2D eigenvalue weighted by Crippen LogP contribution is -2.38. The van der Waals surface area contributed by atoms with Gasteiger partial charge in [-0.3, -0.25) is 0 Å². The molecule has 0 heterocycles. The average molecular weight is 485 g/mol. The van der Waals surface area contributed by atoms with E-state index in [4.69, 9.17) is 9.47 Å². The molecule has 0 aliphatic carbocycles. The molecule has 0 saturated heterocycles. The molecule has 0 fully saturated rings. The Kier molecular flexibility index (Phi) is 12.7. The fraction of sp³-hybridized carbons (Fsp3) is 0.500. The highest BCUT2D eigenvalue weighted by atomic mass is 16.5. The molecule has 7 nitrogen and oxygen atoms in total. The number of nitrogens with one attached hydrogen (secondary N) is 1. The zero-order chi connectivity index (χ0) is 25.5. The van der Waals surface area contributed by atoms with Crippen LogP contribution >= 0.6 is 0 Å². The van der Waals surface area contributed by atoms with E-state index < -0.39 is 12.1 Å². The molecule has 2 amide bonds. The van der Waals surface area contributed by atoms with Crippen molar-refractivity contribution in [3.8, 4) is 5.75 Å². The molecule has 2 N–H and O–H groups in total. The summed E-state index contributed by atoms with van der Waals surface area (Å²) < 4.78 is 11.2. The van der Waals surface area contributed by atoms with Gasteiger partial charge in [0.15, 0.2) is 6.10 Å². The Balaban J connectivity index is 1.89. The Bertz CT molecular complexity index is 883. The molecule has 0 aliphatic rings. The summed E-state index contributed by atoms with van der Waals surface area (Å²) in [4.78, 5) is 26.0. The second kappa shape index (κ2) is 15.8. The molecular formula is C28H40N2O5. The SMILES string of the molecule is CCCCCCCN(CCOc1ccc(CC(OCC)C(=O)O)cc1)C(=O)Nc1ccc(C)cc1. The van der Waals surface area contributed by atoms with Crippen LogP contribution in [0.2, 0.25) is 0 Å². The van der Waals surface area contributed by atoms with Gasteiger partial charge in [-0.15, -0.1) is 0 Å². The van der Waals surface area contributed by atoms with E-state index in [9.17, 15) is 14.7 Å². The van der Waals surface area contributed by atoms with E-state index in [0.29, 0.717) is 38.5 Å². The first-order chi connectivity index (χ1) is 16.9. The van der Waals surface area contributed by atoms with Gasteiger partial charge in [-0.1, -0.05) is 62.4 Å². The molecule has 0 aliphatic heterocycles. The number of hydrogen-bond acceptors (Lipinski definition) is 4. The number of carbonyl (C=O) groups is 2. The number of anilines is 1. The van der Waals surface area contributed by atoms with Gasteiger partial charge in [-0.2, -0.15) is 0 Å². The maximum absolute atomic E-state index is 12.9. The molecule has 0 radical (unpaired) electrons. The highest BCUT2D eigenvalue weighted by Crippen LogP contribution is 2.15. The van der Waals surface area contributed by atoms with E-state index in [1.165, 1.54) is 19.3 Å². The van der Waals surface area contributed by atoms with Gasteiger partial charge in [0.2, 0.25) is 0 Å². The quantitative estimate of drug-likeness (QED) is 0.289. The number of aliphatic carboxylic acids is 1. The van der Waals surface area contributed by atoms with Gasteiger partial charge in [-0.05, 0) is 50.1 Å². The van der Waals surface area contributed by atoms with Crippen LogP contribution in [0.25, 0.3) is 0 Å². The van der Waals surface area contributed by atoms with E-state index >= 15 is 0 Å². The van der Waals surface area contributed by atoms with Crippen LogP contribution in [0.5, 0.6) is 5.75 Å². The lowest BCUT2D eigenvalue weighted by atomic mass is 10.1. The van der Waals surface area contributed by atoms with Crippen molar-refractivity contribution in [1.29, 1.82) is 0 Å². The molecule has 1 atom stereocenters. The van der Waals surface area contributed by atoms with E-state index in [0.717, 1.165) is 29.7 Å². The minimum atomic E-state index is -0.967. The Labute approximate surface area is 209 Å². The van der Waals surface area contributed by atoms with E-state index in [-0.39, 0.29) is 6.03 Å². The molecule has 192 valence electrons. The normalized spacial score (nSPS) is 11.6. The van der Waals surface area contributed by atoms with E-state index in [1.54, 1.807) is 11.8 Å². The zero-order valence-electron chi connectivity index (χ0n) is 21.3. The standard InChI is InChI=1S/C28H40N2O5/c1-4-6-7-8-9-18-30(28(33)29-24-14-10-22(3)11-15-24)19-20-35-25-16-12-23(13-17-25)21-26(27(31)32)34-5-2/h10-17,26H,4-9,18-21H2,1-3H3,(H,29,33)(H,31,32). The van der Waals surface area contributed by atoms with Crippen molar-refractivity contribution in [2.75, 3.05) is 31.6 Å². The smallest absolute Gasteiger partial charge is 0.333 e. The number of carbonyl (C=O) groups excluding carboxylic acids is 1. The van der Waals surface area contributed by atoms with Crippen LogP contribution in [0.4, 0.5) is 10.5 Å². The van der Waals surface area contributed by atoms with Crippen molar-refractivity contribution in [1.82, 2.24) is 4.90 Å². The van der Waals surface area contributed by atoms with Crippen LogP contribution in [-0.4, -0.2) is 54.4 Å². The molecule has 0 saturated carbocycles. The number of ether oxygens (including phenoxy) is 2. The number of aryl methyl sites for hydroxylation is 1. The van der Waals surface area contributed by atoms with Crippen LogP contribution in [0.3, 0.4) is 0 Å². The van der Waals surface area contributed by atoms with Gasteiger partial charge >= 0.3 is 12.0 Å². The molecule has 7 heteroatoms. The number of nitrogens with zero attached hydrogens (tertiary/aromatic N) is 1. The first kappa shape index (κ1) is 28.2. The number of carboxylic acid groups (broad SMARTS) is 1. The lowest BCUT2D eigenvalue weighted by Gasteiger charge is -2.23. The molecule has 35 heavy (non-hydrogen) atoms. The summed E-state index contributed by atoms with van der Waals surface area (Å²) in [6, 6.07) is 15.0. The summed E-state index contributed by atoms with van der Waals surface area (Å²) in [6.45, 7) is 7.85. The third-order valence-corrected chi connectivity index (χ3v) is 5.74. The van der Waals surface area contributed by atoms with Crippen molar-refractivity contribution in [3.05, 3.63) is 59.7 Å². The van der Waals surface area contributed by atoms with Gasteiger partial charge in [0, 0.05) is 25.3 Å². The topological polar surface area (TPSA) is 88.1 Å². The molecule has 1 unspecified atom stereocenters. The van der Waals surface area contributed by atoms with Crippen molar-refractivity contribution in [3.63, 3.8) is 0 Å². The first-order valence-electron chi connectivity index (χ1n) is 12.6. The second-order valence-corrected chi connectivity index (χ2v) is 8.68. The van der Waals surface area contributed by atoms with Gasteiger partial charge < -0.3 is 24.8 Å². The predicted molar refractivity (Wildman–Crippen MR) is 139 cm³/mol. The summed E-state index contributed by atoms with van der Waals surface area (Å²) >= 11 is 0. The fourth-order valence-electron chi connectivity index (χ4n) is 3.69. The number of hydrogen-bond donors (Lipinski definition) is 2. The number of carboxylic acids is 1. The second-order valence-electron chi connectivity index (χ2n) is 8.68. The first-order valence-corrected chi connectivity index (χ1v) is 12.6. The van der Waals surface area contributed by atoms with Crippen LogP contribution < -0.4 is 10.1 Å². The van der Waals surface area contributed by atoms with Crippen LogP contribution in [0, 0.1) is 6.92 Å². The summed E-state index contributed by atoms with van der Waals surface area (Å²) in [6.07, 6.45) is 5.08. The lowest BCUT2D eigenvalue weighted by molar-refractivity contribution is -0.149. The number of unbranched alkanes of at least 4 members (excludes halogenated alkanes) is 4. The molecule has 2 aromatic carbocycles. The van der Waals surface area contributed by atoms with Crippen molar-refractivity contribution in [2.45, 2.75) is 65.4 Å². The minimum Gasteiger partial charge on any atom is -0.492 e. The minimum absolute atomic E-state index is 0.126. The molecule has 2 rings (SSSR count). The molecule has 0 aromatic heterocycles. The van der Waals surface area contributed by atoms with Crippen molar-refractivity contribution >= 4 is 17.7 Å². The van der Waals surface area contributed by atoms with Crippen LogP contribution in [0.1, 0.15) is 57.1 Å². The van der Waals surface area contributed by atoms with Gasteiger partial charge in [-0.25, -0.2) is 9.59 Å². The summed E-state index contributed by atoms with van der Waals surface area (Å²) in [5.41, 5.74) is 2.79. The van der Waals surface area contributed by atoms with Crippen molar-refractivity contribution < 1.29 is 24.2 Å². The monoisotopic (exact) mass is 484 g/mol. The maximum atomic E-state index is 12.9. The summed E-state index contributed by atoms with van der Waals surface area (Å²) in [7, 11) is 0. The van der Waals surface area contributed by atoms with Crippen LogP contribution in [-0.2, 0) is 16.0 Å². The third-order valence-electron chi connectivity index (χ3n) is 5.74. The molecule has 2 aromatic rings. The van der Waals surface area contributed by atoms with Gasteiger partial charge in [0.25, 0.3) is 0 Å². The van der Waals surface area contributed by atoms with Crippen LogP contribution in [0.15, 0.2) is 48.5 Å². The zero-order valence-corrected chi connectivity index (χ0v) is 21.3. The largest absolute Gasteiger partial charge is 0.492 e. The molecule has 0 spiro atoms. The summed E-state index contributed by atoms with van der Waals surface area (Å²) in [5, 5.41) is 12.2. The summed E-state index contributed by atoms with van der Waals surface area (Å²) in [5.74, 6) is -0.287. The Morgan fingerprint density at radius 2 is 1.63 bits per heavy atom. The van der Waals surface area contributed by atoms with E-state index in [2.05, 4.69) is 12.2 Å². The Hall–Kier alpha value is -3.06. The fourth-order valence-corrected chi connectivity index (χ4v) is 3.69. The van der Waals surface area contributed by atoms with E-state index in [1.807, 2.05) is 55.5 Å². The highest BCUT2D eigenvalue weighted by Gasteiger charge is 2.18. The number of urea groups is 1. The highest BCUT2D eigenvalue weighted by molar-refractivity contribution is 5.89.